The third-order valence-electron chi connectivity index (χ3n) is 10.7. The molecule has 0 spiro atoms. The van der Waals surface area contributed by atoms with E-state index in [0.29, 0.717) is 0 Å². The second-order valence-electron chi connectivity index (χ2n) is 14.8. The Hall–Kier alpha value is -7.22. The molecule has 0 aliphatic carbocycles. The van der Waals surface area contributed by atoms with Crippen molar-refractivity contribution in [2.75, 3.05) is 5.32 Å². The highest BCUT2D eigenvalue weighted by molar-refractivity contribution is 6.14. The van der Waals surface area contributed by atoms with Gasteiger partial charge in [-0.1, -0.05) is 208 Å². The molecule has 1 nitrogen and oxygen atoms in total. The van der Waals surface area contributed by atoms with Crippen molar-refractivity contribution in [1.82, 2.24) is 0 Å². The topological polar surface area (TPSA) is 12.0 Å². The number of benzene rings is 8. The minimum atomic E-state index is 1.07. The molecule has 0 amide bonds. The van der Waals surface area contributed by atoms with Gasteiger partial charge in [0.2, 0.25) is 0 Å². The van der Waals surface area contributed by atoms with Crippen molar-refractivity contribution < 1.29 is 0 Å². The molecule has 0 atom stereocenters. The molecule has 0 radical (unpaired) electrons. The van der Waals surface area contributed by atoms with Gasteiger partial charge in [0.15, 0.2) is 0 Å². The average molecular weight is 776 g/mol. The maximum atomic E-state index is 3.52. The summed E-state index contributed by atoms with van der Waals surface area (Å²) in [5, 5.41) is 8.56. The highest BCUT2D eigenvalue weighted by atomic mass is 14.8. The van der Waals surface area contributed by atoms with Crippen LogP contribution in [0, 0.1) is 13.8 Å². The van der Waals surface area contributed by atoms with Crippen molar-refractivity contribution in [1.29, 1.82) is 0 Å². The minimum Gasteiger partial charge on any atom is -0.361 e. The van der Waals surface area contributed by atoms with Gasteiger partial charge in [-0.15, -0.1) is 0 Å². The van der Waals surface area contributed by atoms with Gasteiger partial charge >= 0.3 is 0 Å². The van der Waals surface area contributed by atoms with Crippen molar-refractivity contribution in [3.05, 3.63) is 246 Å². The van der Waals surface area contributed by atoms with Gasteiger partial charge in [0.05, 0.1) is 0 Å². The van der Waals surface area contributed by atoms with Crippen LogP contribution in [0.3, 0.4) is 0 Å². The monoisotopic (exact) mass is 775 g/mol. The second-order valence-corrected chi connectivity index (χ2v) is 14.8. The Morgan fingerprint density at radius 1 is 0.500 bits per heavy atom. The highest BCUT2D eigenvalue weighted by Crippen LogP contribution is 2.36. The van der Waals surface area contributed by atoms with Gasteiger partial charge < -0.3 is 5.32 Å². The predicted molar refractivity (Wildman–Crippen MR) is 265 cm³/mol. The Bertz CT molecular complexity index is 2850. The summed E-state index contributed by atoms with van der Waals surface area (Å²) in [7, 11) is 0. The maximum Gasteiger partial charge on any atom is 0.0454 e. The molecule has 1 aliphatic rings. The number of fused-ring (bicyclic) bond motifs is 4. The van der Waals surface area contributed by atoms with Crippen LogP contribution in [0.4, 0.5) is 5.69 Å². The van der Waals surface area contributed by atoms with E-state index in [2.05, 4.69) is 232 Å². The van der Waals surface area contributed by atoms with Crippen LogP contribution in [-0.2, 0) is 0 Å². The summed E-state index contributed by atoms with van der Waals surface area (Å²) in [5.41, 5.74) is 15.9. The molecule has 0 saturated heterocycles. The van der Waals surface area contributed by atoms with Crippen LogP contribution in [0.15, 0.2) is 213 Å². The fourth-order valence-corrected chi connectivity index (χ4v) is 7.56. The summed E-state index contributed by atoms with van der Waals surface area (Å²) < 4.78 is 0. The fourth-order valence-electron chi connectivity index (χ4n) is 7.56. The smallest absolute Gasteiger partial charge is 0.0454 e. The van der Waals surface area contributed by atoms with E-state index in [1.54, 1.807) is 0 Å². The van der Waals surface area contributed by atoms with Crippen molar-refractivity contribution in [3.63, 3.8) is 0 Å². The largest absolute Gasteiger partial charge is 0.361 e. The molecule has 0 unspecified atom stereocenters. The van der Waals surface area contributed by atoms with Crippen LogP contribution in [0.5, 0.6) is 0 Å². The first kappa shape index (κ1) is 41.0. The first-order valence-corrected chi connectivity index (χ1v) is 21.0. The van der Waals surface area contributed by atoms with Crippen molar-refractivity contribution >= 4 is 50.5 Å². The van der Waals surface area contributed by atoms with E-state index in [0.717, 1.165) is 16.8 Å². The summed E-state index contributed by atoms with van der Waals surface area (Å²) in [6.45, 7) is 10.5. The first-order valence-electron chi connectivity index (χ1n) is 21.0. The number of hydrogen-bond acceptors (Lipinski definition) is 1. The van der Waals surface area contributed by atoms with Crippen molar-refractivity contribution in [2.45, 2.75) is 34.6 Å². The van der Waals surface area contributed by atoms with Crippen LogP contribution in [0.1, 0.15) is 54.2 Å². The Labute approximate surface area is 357 Å². The van der Waals surface area contributed by atoms with Gasteiger partial charge in [0.25, 0.3) is 0 Å². The maximum absolute atomic E-state index is 3.52. The molecule has 1 N–H and O–H groups in total. The van der Waals surface area contributed by atoms with E-state index in [1.165, 1.54) is 77.2 Å². The summed E-state index contributed by atoms with van der Waals surface area (Å²) in [5.74, 6) is 0. The molecule has 0 bridgehead atoms. The second kappa shape index (κ2) is 20.0. The number of anilines is 1. The lowest BCUT2D eigenvalue weighted by atomic mass is 9.91. The quantitative estimate of drug-likeness (QED) is 0.136. The first-order chi connectivity index (χ1) is 29.5. The minimum absolute atomic E-state index is 1.07. The predicted octanol–water partition coefficient (Wildman–Crippen LogP) is 16.8. The van der Waals surface area contributed by atoms with Gasteiger partial charge in [-0.2, -0.15) is 0 Å². The average Bonchev–Trinajstić information content (AvgIpc) is 3.35. The molecule has 1 heterocycles. The molecule has 60 heavy (non-hydrogen) atoms. The number of nitrogens with one attached hydrogen (secondary N) is 1. The Morgan fingerprint density at radius 3 is 1.85 bits per heavy atom. The van der Waals surface area contributed by atoms with E-state index in [-0.39, 0.29) is 0 Å². The third kappa shape index (κ3) is 9.89. The summed E-state index contributed by atoms with van der Waals surface area (Å²) in [6, 6.07) is 62.8. The molecule has 294 valence electrons. The summed E-state index contributed by atoms with van der Waals surface area (Å²) in [4.78, 5) is 0. The van der Waals surface area contributed by atoms with Crippen LogP contribution in [-0.4, -0.2) is 0 Å². The lowest BCUT2D eigenvalue weighted by Gasteiger charge is -2.14. The normalized spacial score (nSPS) is 14.7. The van der Waals surface area contributed by atoms with Gasteiger partial charge in [-0.3, -0.25) is 0 Å². The zero-order valence-electron chi connectivity index (χ0n) is 35.4. The van der Waals surface area contributed by atoms with Gasteiger partial charge in [0, 0.05) is 11.9 Å². The molecule has 9 rings (SSSR count). The lowest BCUT2D eigenvalue weighted by Crippen LogP contribution is -1.94. The molecule has 1 aliphatic heterocycles. The SMILES string of the molecule is C/C(=C\c1ccc(-c2ccc3c(c2)\C=C(c2cc4ccccc4c4ccccc24)/C=C\C=C/C=C/N3)cc1C)c1ccccc1.CC.Cc1ccc(-c2ccccc2)cc1. The highest BCUT2D eigenvalue weighted by Gasteiger charge is 2.12. The van der Waals surface area contributed by atoms with Crippen LogP contribution < -0.4 is 5.32 Å². The van der Waals surface area contributed by atoms with E-state index in [4.69, 9.17) is 0 Å². The zero-order chi connectivity index (χ0) is 41.7. The number of allylic oxidation sites excluding steroid dienone is 7. The van der Waals surface area contributed by atoms with E-state index >= 15 is 0 Å². The standard InChI is InChI=1S/C44H35N.C13H12.C2H6/c1-31(33-14-7-5-8-15-33)26-34-21-22-35(27-32(34)2)36-23-24-44-39(28-36)29-37(16-6-3-4-13-25-45-44)43-30-38-17-9-10-18-40(38)41-19-11-12-20-42(41)43;1-11-7-9-13(10-8-11)12-5-3-2-4-6-12;1-2/h3-30,45H,1-2H3;2-10H,1H3;1-2H3/b4-3-,16-6-,25-13+,31-26+,37-29+;;. The Kier molecular flexibility index (Phi) is 13.6. The fraction of sp³-hybridized carbons (Fsp3) is 0.0847. The lowest BCUT2D eigenvalue weighted by molar-refractivity contribution is 1.43. The van der Waals surface area contributed by atoms with Crippen LogP contribution >= 0.6 is 0 Å². The summed E-state index contributed by atoms with van der Waals surface area (Å²) in [6.07, 6.45) is 17.1. The third-order valence-corrected chi connectivity index (χ3v) is 10.7. The van der Waals surface area contributed by atoms with Gasteiger partial charge in [-0.05, 0) is 134 Å². The zero-order valence-corrected chi connectivity index (χ0v) is 35.4. The van der Waals surface area contributed by atoms with E-state index in [9.17, 15) is 0 Å². The van der Waals surface area contributed by atoms with Gasteiger partial charge in [0.1, 0.15) is 0 Å². The van der Waals surface area contributed by atoms with E-state index in [1.807, 2.05) is 32.2 Å². The van der Waals surface area contributed by atoms with E-state index < -0.39 is 0 Å². The molecule has 0 fully saturated rings. The number of rotatable bonds is 5. The van der Waals surface area contributed by atoms with Crippen molar-refractivity contribution in [2.24, 2.45) is 0 Å². The molecule has 0 saturated carbocycles. The van der Waals surface area contributed by atoms with Crippen LogP contribution in [0.2, 0.25) is 0 Å². The molecule has 0 aromatic heterocycles. The number of hydrogen-bond donors (Lipinski definition) is 1. The Morgan fingerprint density at radius 2 is 1.10 bits per heavy atom. The van der Waals surface area contributed by atoms with Crippen molar-refractivity contribution in [3.8, 4) is 22.3 Å². The van der Waals surface area contributed by atoms with Gasteiger partial charge in [-0.25, -0.2) is 0 Å². The molecule has 8 aromatic carbocycles. The van der Waals surface area contributed by atoms with Crippen LogP contribution in [0.25, 0.3) is 67.1 Å². The molecular formula is C59H53N. The molecular weight excluding hydrogens is 723 g/mol. The summed E-state index contributed by atoms with van der Waals surface area (Å²) >= 11 is 0. The molecule has 8 aromatic rings. The number of aryl methyl sites for hydroxylation is 2. The Balaban J connectivity index is 0.000000306. The molecule has 1 heteroatoms.